The summed E-state index contributed by atoms with van der Waals surface area (Å²) in [6.07, 6.45) is 4.75. The van der Waals surface area contributed by atoms with Crippen LogP contribution in [0.2, 0.25) is 0 Å². The van der Waals surface area contributed by atoms with Gasteiger partial charge in [-0.05, 0) is 62.8 Å². The fourth-order valence-corrected chi connectivity index (χ4v) is 5.50. The van der Waals surface area contributed by atoms with Crippen molar-refractivity contribution >= 4 is 15.9 Å². The van der Waals surface area contributed by atoms with E-state index in [1.54, 1.807) is 25.3 Å². The largest absolute Gasteiger partial charge is 0.496 e. The van der Waals surface area contributed by atoms with Crippen molar-refractivity contribution in [2.75, 3.05) is 33.3 Å². The number of hydrogen-bond acceptors (Lipinski definition) is 4. The molecular formula is C19H28N2O4S. The monoisotopic (exact) mass is 380 g/mol. The average Bonchev–Trinajstić information content (AvgIpc) is 2.68. The summed E-state index contributed by atoms with van der Waals surface area (Å²) in [6, 6.07) is 4.91. The molecule has 2 fully saturated rings. The molecule has 3 rings (SSSR count). The highest BCUT2D eigenvalue weighted by Gasteiger charge is 2.35. The molecule has 2 aliphatic rings. The van der Waals surface area contributed by atoms with Crippen molar-refractivity contribution in [3.63, 3.8) is 0 Å². The number of sulfonamides is 1. The summed E-state index contributed by atoms with van der Waals surface area (Å²) in [7, 11) is -2.03. The number of hydrogen-bond donors (Lipinski definition) is 0. The Morgan fingerprint density at radius 1 is 1.12 bits per heavy atom. The summed E-state index contributed by atoms with van der Waals surface area (Å²) >= 11 is 0. The van der Waals surface area contributed by atoms with Crippen molar-refractivity contribution in [1.29, 1.82) is 0 Å². The maximum Gasteiger partial charge on any atom is 0.243 e. The molecule has 2 heterocycles. The highest BCUT2D eigenvalue weighted by molar-refractivity contribution is 7.89. The lowest BCUT2D eigenvalue weighted by Gasteiger charge is -2.35. The van der Waals surface area contributed by atoms with Crippen molar-refractivity contribution in [3.05, 3.63) is 23.8 Å². The number of aryl methyl sites for hydroxylation is 1. The number of likely N-dealkylation sites (tertiary alicyclic amines) is 1. The number of benzene rings is 1. The minimum atomic E-state index is -3.60. The number of piperidine rings is 2. The van der Waals surface area contributed by atoms with Crippen LogP contribution in [0.1, 0.15) is 37.7 Å². The molecule has 0 spiro atoms. The van der Waals surface area contributed by atoms with Crippen LogP contribution in [0.5, 0.6) is 5.75 Å². The summed E-state index contributed by atoms with van der Waals surface area (Å²) in [4.78, 5) is 15.0. The average molecular weight is 381 g/mol. The maximum absolute atomic E-state index is 13.0. The molecule has 0 unspecified atom stereocenters. The number of nitrogens with zero attached hydrogens (tertiary/aromatic N) is 2. The third kappa shape index (κ3) is 3.88. The topological polar surface area (TPSA) is 66.9 Å². The van der Waals surface area contributed by atoms with Crippen LogP contribution >= 0.6 is 0 Å². The van der Waals surface area contributed by atoms with E-state index in [1.165, 1.54) is 10.7 Å². The van der Waals surface area contributed by atoms with Crippen LogP contribution in [0, 0.1) is 12.8 Å². The fourth-order valence-electron chi connectivity index (χ4n) is 3.90. The predicted octanol–water partition coefficient (Wildman–Crippen LogP) is 2.42. The third-order valence-corrected chi connectivity index (χ3v) is 7.27. The molecule has 2 aliphatic heterocycles. The zero-order valence-corrected chi connectivity index (χ0v) is 16.4. The van der Waals surface area contributed by atoms with Gasteiger partial charge in [0.2, 0.25) is 15.9 Å². The smallest absolute Gasteiger partial charge is 0.243 e. The van der Waals surface area contributed by atoms with Gasteiger partial charge >= 0.3 is 0 Å². The number of amides is 1. The Morgan fingerprint density at radius 3 is 2.50 bits per heavy atom. The van der Waals surface area contributed by atoms with Crippen molar-refractivity contribution in [3.8, 4) is 5.75 Å². The van der Waals surface area contributed by atoms with E-state index in [0.717, 1.165) is 44.3 Å². The van der Waals surface area contributed by atoms with Gasteiger partial charge in [-0.2, -0.15) is 4.31 Å². The van der Waals surface area contributed by atoms with Gasteiger partial charge in [0.1, 0.15) is 5.75 Å². The molecule has 0 aliphatic carbocycles. The number of methoxy groups -OCH3 is 1. The van der Waals surface area contributed by atoms with E-state index < -0.39 is 10.0 Å². The van der Waals surface area contributed by atoms with Gasteiger partial charge in [-0.3, -0.25) is 4.79 Å². The van der Waals surface area contributed by atoms with E-state index in [4.69, 9.17) is 4.74 Å². The Morgan fingerprint density at radius 2 is 1.85 bits per heavy atom. The molecule has 1 atom stereocenters. The van der Waals surface area contributed by atoms with Crippen molar-refractivity contribution in [1.82, 2.24) is 9.21 Å². The molecule has 2 saturated heterocycles. The molecular weight excluding hydrogens is 352 g/mol. The van der Waals surface area contributed by atoms with E-state index in [-0.39, 0.29) is 23.3 Å². The highest BCUT2D eigenvalue weighted by Crippen LogP contribution is 2.28. The number of rotatable bonds is 4. The first-order valence-electron chi connectivity index (χ1n) is 9.37. The van der Waals surface area contributed by atoms with E-state index in [0.29, 0.717) is 12.3 Å². The Kier molecular flexibility index (Phi) is 5.87. The van der Waals surface area contributed by atoms with Crippen LogP contribution in [0.3, 0.4) is 0 Å². The quantitative estimate of drug-likeness (QED) is 0.805. The van der Waals surface area contributed by atoms with Gasteiger partial charge in [-0.15, -0.1) is 0 Å². The second-order valence-corrected chi connectivity index (χ2v) is 9.16. The normalized spacial score (nSPS) is 22.2. The predicted molar refractivity (Wildman–Crippen MR) is 99.6 cm³/mol. The lowest BCUT2D eigenvalue weighted by atomic mass is 9.97. The minimum Gasteiger partial charge on any atom is -0.496 e. The van der Waals surface area contributed by atoms with Gasteiger partial charge in [0.25, 0.3) is 0 Å². The molecule has 1 aromatic carbocycles. The summed E-state index contributed by atoms with van der Waals surface area (Å²) < 4.78 is 32.8. The molecule has 0 aromatic heterocycles. The lowest BCUT2D eigenvalue weighted by Crippen LogP contribution is -2.47. The molecule has 0 saturated carbocycles. The van der Waals surface area contributed by atoms with Crippen LogP contribution in [0.4, 0.5) is 0 Å². The van der Waals surface area contributed by atoms with E-state index in [9.17, 15) is 13.2 Å². The van der Waals surface area contributed by atoms with Gasteiger partial charge in [-0.25, -0.2) is 8.42 Å². The van der Waals surface area contributed by atoms with Gasteiger partial charge in [0, 0.05) is 26.2 Å². The second-order valence-electron chi connectivity index (χ2n) is 7.22. The zero-order chi connectivity index (χ0) is 18.7. The highest BCUT2D eigenvalue weighted by atomic mass is 32.2. The maximum atomic E-state index is 13.0. The molecule has 1 aromatic rings. The van der Waals surface area contributed by atoms with Crippen LogP contribution in [0.15, 0.2) is 23.1 Å². The molecule has 1 amide bonds. The van der Waals surface area contributed by atoms with Crippen LogP contribution in [0.25, 0.3) is 0 Å². The van der Waals surface area contributed by atoms with Crippen LogP contribution < -0.4 is 4.74 Å². The Labute approximate surface area is 156 Å². The summed E-state index contributed by atoms with van der Waals surface area (Å²) in [6.45, 7) is 4.19. The Hall–Kier alpha value is -1.60. The third-order valence-electron chi connectivity index (χ3n) is 5.41. The second kappa shape index (κ2) is 7.96. The van der Waals surface area contributed by atoms with Crippen molar-refractivity contribution < 1.29 is 17.9 Å². The first kappa shape index (κ1) is 19.2. The first-order valence-corrected chi connectivity index (χ1v) is 10.8. The van der Waals surface area contributed by atoms with Gasteiger partial charge in [0.05, 0.1) is 17.9 Å². The SMILES string of the molecule is COc1ccc(S(=O)(=O)N2CCC[C@@H](C(=O)N3CCCCC3)C2)cc1C. The van der Waals surface area contributed by atoms with Gasteiger partial charge in [-0.1, -0.05) is 0 Å². The molecule has 144 valence electrons. The zero-order valence-electron chi connectivity index (χ0n) is 15.6. The van der Waals surface area contributed by atoms with Gasteiger partial charge in [0.15, 0.2) is 0 Å². The molecule has 6 nitrogen and oxygen atoms in total. The molecule has 0 N–H and O–H groups in total. The number of carbonyl (C=O) groups is 1. The number of ether oxygens (including phenoxy) is 1. The number of carbonyl (C=O) groups excluding carboxylic acids is 1. The Bertz CT molecular complexity index is 757. The Balaban J connectivity index is 1.75. The molecule has 26 heavy (non-hydrogen) atoms. The van der Waals surface area contributed by atoms with Crippen molar-refractivity contribution in [2.45, 2.75) is 43.9 Å². The summed E-state index contributed by atoms with van der Waals surface area (Å²) in [5.41, 5.74) is 0.784. The molecule has 0 radical (unpaired) electrons. The van der Waals surface area contributed by atoms with E-state index in [2.05, 4.69) is 0 Å². The first-order chi connectivity index (χ1) is 12.4. The summed E-state index contributed by atoms with van der Waals surface area (Å²) in [5.74, 6) is 0.562. The minimum absolute atomic E-state index is 0.121. The summed E-state index contributed by atoms with van der Waals surface area (Å²) in [5, 5.41) is 0. The van der Waals surface area contributed by atoms with Crippen molar-refractivity contribution in [2.24, 2.45) is 5.92 Å². The molecule has 0 bridgehead atoms. The van der Waals surface area contributed by atoms with E-state index in [1.807, 2.05) is 11.8 Å². The van der Waals surface area contributed by atoms with E-state index >= 15 is 0 Å². The standard InChI is InChI=1S/C19H28N2O4S/c1-15-13-17(8-9-18(15)25-2)26(23,24)21-12-6-7-16(14-21)19(22)20-10-4-3-5-11-20/h8-9,13,16H,3-7,10-12,14H2,1-2H3/t16-/m1/s1. The van der Waals surface area contributed by atoms with Gasteiger partial charge < -0.3 is 9.64 Å². The lowest BCUT2D eigenvalue weighted by molar-refractivity contribution is -0.137. The van der Waals surface area contributed by atoms with Crippen LogP contribution in [-0.4, -0.2) is 56.8 Å². The van der Waals surface area contributed by atoms with Crippen LogP contribution in [-0.2, 0) is 14.8 Å². The fraction of sp³-hybridized carbons (Fsp3) is 0.632. The molecule has 7 heteroatoms.